The molecule has 0 radical (unpaired) electrons. The van der Waals surface area contributed by atoms with E-state index in [4.69, 9.17) is 11.6 Å². The Bertz CT molecular complexity index is 1360. The standard InChI is InChI=1S/C28H27ClF2N4O/c1-3-4-5-7-14-32-28(36)20-11-10-19(16-18(20)2)34-23-9-6-8-15-35-24(17-33-27(23)35)21-12-13-22(29)26(31)25(21)30/h3,8-13,15-17,34H,1,4-7,14H2,2H3,(H,32,36). The fourth-order valence-electron chi connectivity index (χ4n) is 4.05. The van der Waals surface area contributed by atoms with Crippen molar-refractivity contribution in [1.82, 2.24) is 14.9 Å². The van der Waals surface area contributed by atoms with Crippen molar-refractivity contribution in [2.24, 2.45) is 0 Å². The number of fused-ring (bicyclic) bond motifs is 1. The summed E-state index contributed by atoms with van der Waals surface area (Å²) in [7, 11) is 0. The molecule has 0 saturated heterocycles. The average Bonchev–Trinajstić information content (AvgIpc) is 3.17. The predicted octanol–water partition coefficient (Wildman–Crippen LogP) is 7.20. The number of hydrogen-bond donors (Lipinski definition) is 2. The van der Waals surface area contributed by atoms with Crippen LogP contribution in [0, 0.1) is 18.6 Å². The van der Waals surface area contributed by atoms with Crippen LogP contribution >= 0.6 is 11.6 Å². The molecule has 8 heteroatoms. The van der Waals surface area contributed by atoms with Crippen LogP contribution in [0.25, 0.3) is 23.2 Å². The molecular weight excluding hydrogens is 482 g/mol. The third-order valence-corrected chi connectivity index (χ3v) is 6.22. The highest BCUT2D eigenvalue weighted by Crippen LogP contribution is 2.32. The SMILES string of the molecule is C=CCCCCNC(=O)c1ccc(NC2=CCC=Cn3c(-c4ccc(Cl)c(F)c4F)cnc32)cc1C. The molecule has 2 N–H and O–H groups in total. The lowest BCUT2D eigenvalue weighted by Gasteiger charge is -2.14. The van der Waals surface area contributed by atoms with Gasteiger partial charge in [0.15, 0.2) is 17.5 Å². The van der Waals surface area contributed by atoms with E-state index < -0.39 is 11.6 Å². The molecule has 4 rings (SSSR count). The number of carbonyl (C=O) groups excluding carboxylic acids is 1. The Balaban J connectivity index is 1.53. The van der Waals surface area contributed by atoms with Crippen molar-refractivity contribution in [2.75, 3.05) is 11.9 Å². The number of imidazole rings is 1. The van der Waals surface area contributed by atoms with Gasteiger partial charge in [0.25, 0.3) is 5.91 Å². The molecule has 186 valence electrons. The fourth-order valence-corrected chi connectivity index (χ4v) is 4.19. The van der Waals surface area contributed by atoms with Gasteiger partial charge in [-0.2, -0.15) is 0 Å². The predicted molar refractivity (Wildman–Crippen MR) is 142 cm³/mol. The molecule has 0 unspecified atom stereocenters. The lowest BCUT2D eigenvalue weighted by atomic mass is 10.1. The van der Waals surface area contributed by atoms with Crippen LogP contribution in [-0.4, -0.2) is 22.0 Å². The van der Waals surface area contributed by atoms with Crippen molar-refractivity contribution in [2.45, 2.75) is 32.6 Å². The summed E-state index contributed by atoms with van der Waals surface area (Å²) in [5.41, 5.74) is 3.41. The highest BCUT2D eigenvalue weighted by Gasteiger charge is 2.21. The number of halogens is 3. The fraction of sp³-hybridized carbons (Fsp3) is 0.214. The minimum Gasteiger partial charge on any atom is -0.353 e. The molecule has 2 heterocycles. The molecule has 0 atom stereocenters. The molecule has 0 fully saturated rings. The second-order valence-corrected chi connectivity index (χ2v) is 8.90. The lowest BCUT2D eigenvalue weighted by molar-refractivity contribution is 0.0952. The quantitative estimate of drug-likeness (QED) is 0.182. The summed E-state index contributed by atoms with van der Waals surface area (Å²) >= 11 is 5.72. The maximum atomic E-state index is 14.6. The minimum absolute atomic E-state index is 0.0669. The van der Waals surface area contributed by atoms with Gasteiger partial charge in [0.1, 0.15) is 0 Å². The summed E-state index contributed by atoms with van der Waals surface area (Å²) in [6.07, 6.45) is 12.5. The van der Waals surface area contributed by atoms with E-state index in [-0.39, 0.29) is 16.5 Å². The summed E-state index contributed by atoms with van der Waals surface area (Å²) in [4.78, 5) is 17.0. The van der Waals surface area contributed by atoms with Gasteiger partial charge < -0.3 is 10.6 Å². The molecule has 1 aliphatic rings. The first kappa shape index (κ1) is 25.4. The Morgan fingerprint density at radius 3 is 2.83 bits per heavy atom. The van der Waals surface area contributed by atoms with Crippen molar-refractivity contribution < 1.29 is 13.6 Å². The largest absolute Gasteiger partial charge is 0.353 e. The summed E-state index contributed by atoms with van der Waals surface area (Å²) in [6, 6.07) is 8.28. The number of carbonyl (C=O) groups is 1. The summed E-state index contributed by atoms with van der Waals surface area (Å²) in [5, 5.41) is 6.04. The lowest BCUT2D eigenvalue weighted by Crippen LogP contribution is -2.25. The van der Waals surface area contributed by atoms with E-state index in [0.29, 0.717) is 35.7 Å². The molecule has 0 bridgehead atoms. The van der Waals surface area contributed by atoms with Crippen LogP contribution in [0.5, 0.6) is 0 Å². The van der Waals surface area contributed by atoms with Crippen LogP contribution in [0.1, 0.15) is 47.4 Å². The Hall–Kier alpha value is -3.71. The monoisotopic (exact) mass is 508 g/mol. The summed E-state index contributed by atoms with van der Waals surface area (Å²) in [5.74, 6) is -1.67. The minimum atomic E-state index is -1.09. The first-order valence-electron chi connectivity index (χ1n) is 11.8. The second-order valence-electron chi connectivity index (χ2n) is 8.49. The number of nitrogens with zero attached hydrogens (tertiary/aromatic N) is 2. The zero-order valence-electron chi connectivity index (χ0n) is 20.0. The molecule has 0 spiro atoms. The van der Waals surface area contributed by atoms with E-state index in [0.717, 1.165) is 30.5 Å². The van der Waals surface area contributed by atoms with Crippen LogP contribution in [0.4, 0.5) is 14.5 Å². The van der Waals surface area contributed by atoms with Crippen molar-refractivity contribution >= 4 is 35.1 Å². The molecule has 1 amide bonds. The van der Waals surface area contributed by atoms with Gasteiger partial charge >= 0.3 is 0 Å². The van der Waals surface area contributed by atoms with E-state index in [2.05, 4.69) is 22.2 Å². The van der Waals surface area contributed by atoms with Gasteiger partial charge in [-0.15, -0.1) is 6.58 Å². The van der Waals surface area contributed by atoms with Crippen molar-refractivity contribution in [3.63, 3.8) is 0 Å². The number of anilines is 1. The normalized spacial score (nSPS) is 12.5. The van der Waals surface area contributed by atoms with Gasteiger partial charge in [0.2, 0.25) is 0 Å². The van der Waals surface area contributed by atoms with Crippen LogP contribution < -0.4 is 10.6 Å². The number of amides is 1. The van der Waals surface area contributed by atoms with E-state index in [9.17, 15) is 13.6 Å². The van der Waals surface area contributed by atoms with Crippen LogP contribution in [0.15, 0.2) is 61.3 Å². The maximum absolute atomic E-state index is 14.6. The van der Waals surface area contributed by atoms with Gasteiger partial charge in [-0.25, -0.2) is 13.8 Å². The molecule has 36 heavy (non-hydrogen) atoms. The van der Waals surface area contributed by atoms with Gasteiger partial charge in [0, 0.05) is 29.6 Å². The number of benzene rings is 2. The molecule has 5 nitrogen and oxygen atoms in total. The third-order valence-electron chi connectivity index (χ3n) is 5.93. The first-order chi connectivity index (χ1) is 17.4. The van der Waals surface area contributed by atoms with E-state index in [1.54, 1.807) is 16.8 Å². The summed E-state index contributed by atoms with van der Waals surface area (Å²) < 4.78 is 30.4. The van der Waals surface area contributed by atoms with Crippen molar-refractivity contribution in [3.8, 4) is 11.3 Å². The molecule has 0 aliphatic carbocycles. The number of aryl methyl sites for hydroxylation is 1. The molecule has 3 aromatic rings. The highest BCUT2D eigenvalue weighted by atomic mass is 35.5. The zero-order valence-corrected chi connectivity index (χ0v) is 20.7. The van der Waals surface area contributed by atoms with Gasteiger partial charge in [-0.3, -0.25) is 9.36 Å². The van der Waals surface area contributed by atoms with Gasteiger partial charge in [-0.1, -0.05) is 29.8 Å². The van der Waals surface area contributed by atoms with Gasteiger partial charge in [0.05, 0.1) is 22.6 Å². The smallest absolute Gasteiger partial charge is 0.251 e. The number of unbranched alkanes of at least 4 members (excludes halogenated alkanes) is 2. The van der Waals surface area contributed by atoms with E-state index >= 15 is 0 Å². The van der Waals surface area contributed by atoms with Crippen LogP contribution in [0.3, 0.4) is 0 Å². The van der Waals surface area contributed by atoms with Crippen molar-refractivity contribution in [1.29, 1.82) is 0 Å². The van der Waals surface area contributed by atoms with Crippen LogP contribution in [-0.2, 0) is 0 Å². The molecule has 2 aromatic carbocycles. The molecule has 0 saturated carbocycles. The van der Waals surface area contributed by atoms with E-state index in [1.165, 1.54) is 18.3 Å². The molecule has 1 aromatic heterocycles. The van der Waals surface area contributed by atoms with Crippen molar-refractivity contribution in [3.05, 3.63) is 94.9 Å². The Morgan fingerprint density at radius 1 is 1.22 bits per heavy atom. The highest BCUT2D eigenvalue weighted by molar-refractivity contribution is 6.30. The van der Waals surface area contributed by atoms with Gasteiger partial charge in [-0.05, 0) is 68.5 Å². The third kappa shape index (κ3) is 5.41. The Morgan fingerprint density at radius 2 is 2.06 bits per heavy atom. The Kier molecular flexibility index (Phi) is 8.00. The second kappa shape index (κ2) is 11.4. The topological polar surface area (TPSA) is 59.0 Å². The van der Waals surface area contributed by atoms with Crippen LogP contribution in [0.2, 0.25) is 5.02 Å². The number of allylic oxidation sites excluding steroid dienone is 3. The summed E-state index contributed by atoms with van der Waals surface area (Å²) in [6.45, 7) is 6.21. The number of hydrogen-bond acceptors (Lipinski definition) is 3. The van der Waals surface area contributed by atoms with E-state index in [1.807, 2.05) is 37.3 Å². The number of rotatable bonds is 9. The average molecular weight is 509 g/mol. The maximum Gasteiger partial charge on any atom is 0.251 e. The number of aromatic nitrogens is 2. The number of nitrogens with one attached hydrogen (secondary N) is 2. The Labute approximate surface area is 214 Å². The molecular formula is C28H27ClF2N4O. The molecule has 1 aliphatic heterocycles. The zero-order chi connectivity index (χ0) is 25.7. The first-order valence-corrected chi connectivity index (χ1v) is 12.1.